The summed E-state index contributed by atoms with van der Waals surface area (Å²) in [6.45, 7) is 0. The summed E-state index contributed by atoms with van der Waals surface area (Å²) in [7, 11) is 5.54. The number of hydroxylamine groups is 2. The largest absolute Gasteiger partial charge is 0.600 e. The van der Waals surface area contributed by atoms with Crippen LogP contribution in [0.5, 0.6) is 0 Å². The maximum atomic E-state index is 9.56. The Balaban J connectivity index is 0. The lowest BCUT2D eigenvalue weighted by Gasteiger charge is -1.82. The van der Waals surface area contributed by atoms with E-state index in [4.69, 9.17) is 0 Å². The van der Waals surface area contributed by atoms with Crippen molar-refractivity contribution < 1.29 is 9.72 Å². The highest BCUT2D eigenvalue weighted by Gasteiger charge is 1.59. The first kappa shape index (κ1) is 11.6. The fraction of sp³-hybridized carbons (Fsp3) is 1.00. The molecule has 0 fully saturated rings. The number of hydrogen-bond acceptors (Lipinski definition) is 4. The minimum Gasteiger partial charge on any atom is -0.600 e. The molecule has 0 saturated carbocycles. The van der Waals surface area contributed by atoms with Gasteiger partial charge in [0.1, 0.15) is 0 Å². The summed E-state index contributed by atoms with van der Waals surface area (Å²) in [4.78, 5) is 1.00. The zero-order valence-electron chi connectivity index (χ0n) is 6.61. The molecule has 0 aliphatic heterocycles. The average molecular weight is 148 g/mol. The topological polar surface area (TPSA) is 76.9 Å². The molecule has 0 bridgehead atoms. The van der Waals surface area contributed by atoms with Gasteiger partial charge in [0.15, 0.2) is 14.1 Å². The van der Waals surface area contributed by atoms with Crippen LogP contribution in [0.4, 0.5) is 0 Å². The summed E-state index contributed by atoms with van der Waals surface area (Å²) < 4.78 is 0. The van der Waals surface area contributed by atoms with Gasteiger partial charge in [0, 0.05) is 0 Å². The van der Waals surface area contributed by atoms with Gasteiger partial charge in [0.25, 0.3) is 0 Å². The molecule has 0 aliphatic carbocycles. The number of azo groups is 2. The maximum absolute atomic E-state index is 9.56. The van der Waals surface area contributed by atoms with Gasteiger partial charge in [-0.15, -0.1) is 9.72 Å². The van der Waals surface area contributed by atoms with Crippen LogP contribution < -0.4 is 0 Å². The summed E-state index contributed by atoms with van der Waals surface area (Å²) in [5, 5.41) is 25.5. The van der Waals surface area contributed by atoms with Gasteiger partial charge in [-0.1, -0.05) is 0 Å². The maximum Gasteiger partial charge on any atom is 0.171 e. The van der Waals surface area contributed by atoms with Gasteiger partial charge in [-0.25, -0.2) is 0 Å². The molecule has 0 radical (unpaired) electrons. The molecule has 0 aromatic heterocycles. The van der Waals surface area contributed by atoms with Crippen LogP contribution in [0.1, 0.15) is 0 Å². The van der Waals surface area contributed by atoms with E-state index in [2.05, 4.69) is 10.2 Å². The van der Waals surface area contributed by atoms with Gasteiger partial charge in [-0.05, 0) is 10.2 Å². The van der Waals surface area contributed by atoms with Gasteiger partial charge in [-0.2, -0.15) is 0 Å². The van der Waals surface area contributed by atoms with Crippen molar-refractivity contribution in [2.45, 2.75) is 0 Å². The highest BCUT2D eigenvalue weighted by molar-refractivity contribution is 3.90. The van der Waals surface area contributed by atoms with E-state index in [1.807, 2.05) is 0 Å². The first-order valence-electron chi connectivity index (χ1n) is 2.55. The monoisotopic (exact) mass is 148 g/mol. The Labute approximate surface area is 59.6 Å². The second kappa shape index (κ2) is 7.80. The molecule has 0 amide bonds. The standard InChI is InChI=1S/2C2H6N2O/c2*1-3-4(2)5/h2*1-2H3. The molecule has 0 unspecified atom stereocenters. The van der Waals surface area contributed by atoms with Gasteiger partial charge in [-0.3, -0.25) is 0 Å². The summed E-state index contributed by atoms with van der Waals surface area (Å²) in [6.07, 6.45) is 0. The summed E-state index contributed by atoms with van der Waals surface area (Å²) in [6, 6.07) is 0. The third-order valence-electron chi connectivity index (χ3n) is 0.563. The van der Waals surface area contributed by atoms with E-state index in [1.54, 1.807) is 0 Å². The van der Waals surface area contributed by atoms with E-state index >= 15 is 0 Å². The Morgan fingerprint density at radius 1 is 0.900 bits per heavy atom. The van der Waals surface area contributed by atoms with E-state index in [0.717, 1.165) is 0 Å². The van der Waals surface area contributed by atoms with Crippen LogP contribution in [0.15, 0.2) is 10.2 Å². The molecule has 6 nitrogen and oxygen atoms in total. The molecule has 0 aromatic carbocycles. The normalized spacial score (nSPS) is 12.0. The predicted octanol–water partition coefficient (Wildman–Crippen LogP) is 0.417. The zero-order chi connectivity index (χ0) is 8.57. The van der Waals surface area contributed by atoms with E-state index in [9.17, 15) is 10.4 Å². The minimum absolute atomic E-state index is 0.500. The average Bonchev–Trinajstić information content (AvgIpc) is 1.89. The van der Waals surface area contributed by atoms with Gasteiger partial charge in [0.05, 0.1) is 14.1 Å². The Hall–Kier alpha value is -1.20. The van der Waals surface area contributed by atoms with Crippen molar-refractivity contribution in [1.29, 1.82) is 0 Å². The smallest absolute Gasteiger partial charge is 0.171 e. The molecule has 0 saturated heterocycles. The first-order chi connectivity index (χ1) is 4.54. The van der Waals surface area contributed by atoms with Crippen LogP contribution in [-0.2, 0) is 0 Å². The van der Waals surface area contributed by atoms with Crippen LogP contribution in [0.2, 0.25) is 0 Å². The van der Waals surface area contributed by atoms with Crippen molar-refractivity contribution in [3.8, 4) is 0 Å². The molecule has 0 spiro atoms. The van der Waals surface area contributed by atoms with Gasteiger partial charge >= 0.3 is 0 Å². The van der Waals surface area contributed by atoms with Crippen molar-refractivity contribution in [3.05, 3.63) is 10.4 Å². The first-order valence-corrected chi connectivity index (χ1v) is 2.55. The fourth-order valence-corrected chi connectivity index (χ4v) is 0. The Morgan fingerprint density at radius 3 is 1.00 bits per heavy atom. The molecule has 0 aromatic rings. The summed E-state index contributed by atoms with van der Waals surface area (Å²) >= 11 is 0. The molecular formula is C4H12N4O2. The highest BCUT2D eigenvalue weighted by atomic mass is 16.5. The van der Waals surface area contributed by atoms with E-state index in [0.29, 0.717) is 9.72 Å². The molecular weight excluding hydrogens is 136 g/mol. The Kier molecular flexibility index (Phi) is 9.03. The molecule has 0 N–H and O–H groups in total. The van der Waals surface area contributed by atoms with Crippen LogP contribution >= 0.6 is 0 Å². The Bertz CT molecular complexity index is 107. The van der Waals surface area contributed by atoms with E-state index in [-0.39, 0.29) is 0 Å². The van der Waals surface area contributed by atoms with Crippen molar-refractivity contribution >= 4 is 0 Å². The zero-order valence-corrected chi connectivity index (χ0v) is 6.61. The number of hydrogen-bond donors (Lipinski definition) is 0. The minimum atomic E-state index is 0.500. The summed E-state index contributed by atoms with van der Waals surface area (Å²) in [5.74, 6) is 0. The highest BCUT2D eigenvalue weighted by Crippen LogP contribution is 1.55. The van der Waals surface area contributed by atoms with Crippen molar-refractivity contribution in [2.24, 2.45) is 10.2 Å². The van der Waals surface area contributed by atoms with Crippen molar-refractivity contribution in [1.82, 2.24) is 0 Å². The lowest BCUT2D eigenvalue weighted by atomic mass is 11.4. The van der Waals surface area contributed by atoms with Crippen LogP contribution in [0.25, 0.3) is 0 Å². The van der Waals surface area contributed by atoms with Crippen LogP contribution in [-0.4, -0.2) is 37.9 Å². The van der Waals surface area contributed by atoms with E-state index < -0.39 is 0 Å². The molecule has 0 atom stereocenters. The van der Waals surface area contributed by atoms with E-state index in [1.165, 1.54) is 28.2 Å². The molecule has 0 aliphatic rings. The van der Waals surface area contributed by atoms with Crippen molar-refractivity contribution in [2.75, 3.05) is 28.2 Å². The van der Waals surface area contributed by atoms with Gasteiger partial charge in [0.2, 0.25) is 0 Å². The van der Waals surface area contributed by atoms with Crippen LogP contribution in [0.3, 0.4) is 0 Å². The van der Waals surface area contributed by atoms with Gasteiger partial charge < -0.3 is 10.4 Å². The second-order valence-corrected chi connectivity index (χ2v) is 1.33. The molecule has 6 heteroatoms. The fourth-order valence-electron chi connectivity index (χ4n) is 0. The molecule has 0 heterocycles. The third-order valence-corrected chi connectivity index (χ3v) is 0.563. The SMILES string of the molecule is CN=[N+](C)[O-].CN=[N+](C)[O-]. The number of rotatable bonds is 0. The van der Waals surface area contributed by atoms with Crippen LogP contribution in [0, 0.1) is 10.4 Å². The molecule has 0 rings (SSSR count). The lowest BCUT2D eigenvalue weighted by Crippen LogP contribution is -1.84. The quantitative estimate of drug-likeness (QED) is 0.283. The summed E-state index contributed by atoms with van der Waals surface area (Å²) in [5.41, 5.74) is 0. The molecule has 60 valence electrons. The molecule has 10 heavy (non-hydrogen) atoms. The van der Waals surface area contributed by atoms with Crippen molar-refractivity contribution in [3.63, 3.8) is 0 Å². The lowest BCUT2D eigenvalue weighted by molar-refractivity contribution is -0.497. The Morgan fingerprint density at radius 2 is 1.00 bits per heavy atom. The number of nitrogens with zero attached hydrogens (tertiary/aromatic N) is 4. The predicted molar refractivity (Wildman–Crippen MR) is 35.8 cm³/mol. The second-order valence-electron chi connectivity index (χ2n) is 1.33. The third kappa shape index (κ3) is 29.2.